The lowest BCUT2D eigenvalue weighted by Crippen LogP contribution is -1.72. The summed E-state index contributed by atoms with van der Waals surface area (Å²) in [7, 11) is 0. The van der Waals surface area contributed by atoms with Crippen LogP contribution < -0.4 is 0 Å². The molecule has 0 amide bonds. The number of rotatable bonds is 12. The average molecular weight is 262 g/mol. The van der Waals surface area contributed by atoms with Gasteiger partial charge in [-0.25, -0.2) is 0 Å². The van der Waals surface area contributed by atoms with Crippen molar-refractivity contribution in [2.45, 2.75) is 65.2 Å². The Hall–Kier alpha value is -1.24. The van der Waals surface area contributed by atoms with E-state index in [1.807, 2.05) is 0 Å². The predicted octanol–water partition coefficient (Wildman–Crippen LogP) is 6.30. The van der Waals surface area contributed by atoms with Crippen molar-refractivity contribution < 1.29 is 4.74 Å². The third-order valence-electron chi connectivity index (χ3n) is 2.64. The van der Waals surface area contributed by atoms with Crippen molar-refractivity contribution in [2.24, 2.45) is 0 Å². The van der Waals surface area contributed by atoms with Gasteiger partial charge in [-0.05, 0) is 63.5 Å². The second kappa shape index (κ2) is 16.8. The molecule has 1 heteroatoms. The second-order valence-corrected chi connectivity index (χ2v) is 4.50. The van der Waals surface area contributed by atoms with Crippen molar-refractivity contribution >= 4 is 0 Å². The van der Waals surface area contributed by atoms with E-state index in [4.69, 9.17) is 4.74 Å². The van der Waals surface area contributed by atoms with Crippen molar-refractivity contribution in [1.29, 1.82) is 0 Å². The number of unbranched alkanes of at least 4 members (excludes halogenated alkanes) is 4. The first-order valence-electron chi connectivity index (χ1n) is 7.67. The zero-order valence-electron chi connectivity index (χ0n) is 12.7. The van der Waals surface area contributed by atoms with Gasteiger partial charge in [-0.1, -0.05) is 38.2 Å². The summed E-state index contributed by atoms with van der Waals surface area (Å²) in [5.74, 6) is 0. The largest absolute Gasteiger partial charge is 0.473 e. The molecule has 0 saturated carbocycles. The minimum absolute atomic E-state index is 1.09. The van der Waals surface area contributed by atoms with Gasteiger partial charge in [0.05, 0.1) is 12.5 Å². The van der Waals surface area contributed by atoms with E-state index < -0.39 is 0 Å². The number of allylic oxidation sites excluding steroid dienone is 6. The first-order valence-corrected chi connectivity index (χ1v) is 7.67. The standard InChI is InChI=1S/C18H30O/c1-3-5-7-9-11-13-15-17-19-18-16-14-12-10-8-6-4-2/h5-8,15-18H,3-4,9-14H2,1-2H3. The highest BCUT2D eigenvalue weighted by atomic mass is 16.5. The van der Waals surface area contributed by atoms with Gasteiger partial charge in [0.15, 0.2) is 0 Å². The lowest BCUT2D eigenvalue weighted by molar-refractivity contribution is 0.398. The maximum atomic E-state index is 5.29. The molecule has 0 unspecified atom stereocenters. The Labute approximate surface area is 119 Å². The van der Waals surface area contributed by atoms with E-state index in [1.54, 1.807) is 12.5 Å². The smallest absolute Gasteiger partial charge is 0.0861 e. The lowest BCUT2D eigenvalue weighted by Gasteiger charge is -1.93. The summed E-state index contributed by atoms with van der Waals surface area (Å²) in [4.78, 5) is 0. The second-order valence-electron chi connectivity index (χ2n) is 4.50. The fourth-order valence-corrected chi connectivity index (χ4v) is 1.57. The quantitative estimate of drug-likeness (QED) is 0.228. The molecule has 0 heterocycles. The topological polar surface area (TPSA) is 9.23 Å². The van der Waals surface area contributed by atoms with E-state index in [0.29, 0.717) is 0 Å². The van der Waals surface area contributed by atoms with Crippen LogP contribution in [0.25, 0.3) is 0 Å². The zero-order chi connectivity index (χ0) is 14.0. The van der Waals surface area contributed by atoms with Gasteiger partial charge in [-0.2, -0.15) is 0 Å². The van der Waals surface area contributed by atoms with E-state index in [2.05, 4.69) is 50.3 Å². The third kappa shape index (κ3) is 16.8. The maximum absolute atomic E-state index is 5.29. The van der Waals surface area contributed by atoms with Crippen LogP contribution in [-0.2, 0) is 4.74 Å². The van der Waals surface area contributed by atoms with Crippen molar-refractivity contribution in [2.75, 3.05) is 0 Å². The van der Waals surface area contributed by atoms with Crippen molar-refractivity contribution in [3.8, 4) is 0 Å². The van der Waals surface area contributed by atoms with Gasteiger partial charge >= 0.3 is 0 Å². The molecule has 0 aliphatic rings. The summed E-state index contributed by atoms with van der Waals surface area (Å²) in [6.45, 7) is 4.33. The number of hydrogen-bond acceptors (Lipinski definition) is 1. The summed E-state index contributed by atoms with van der Waals surface area (Å²) in [6, 6.07) is 0. The molecule has 0 rings (SSSR count). The molecule has 0 aromatic heterocycles. The maximum Gasteiger partial charge on any atom is 0.0861 e. The van der Waals surface area contributed by atoms with E-state index in [-0.39, 0.29) is 0 Å². The molecule has 0 spiro atoms. The zero-order valence-corrected chi connectivity index (χ0v) is 12.7. The molecule has 0 fully saturated rings. The van der Waals surface area contributed by atoms with E-state index >= 15 is 0 Å². The highest BCUT2D eigenvalue weighted by Gasteiger charge is 1.81. The minimum Gasteiger partial charge on any atom is -0.473 e. The predicted molar refractivity (Wildman–Crippen MR) is 85.9 cm³/mol. The molecule has 108 valence electrons. The van der Waals surface area contributed by atoms with Crippen LogP contribution in [0.5, 0.6) is 0 Å². The molecule has 0 radical (unpaired) electrons. The van der Waals surface area contributed by atoms with Crippen LogP contribution in [-0.4, -0.2) is 0 Å². The first-order chi connectivity index (χ1) is 9.41. The molecule has 0 saturated heterocycles. The molecule has 0 atom stereocenters. The molecule has 0 aromatic carbocycles. The Morgan fingerprint density at radius 3 is 1.42 bits per heavy atom. The van der Waals surface area contributed by atoms with Gasteiger partial charge in [-0.15, -0.1) is 0 Å². The van der Waals surface area contributed by atoms with Crippen LogP contribution in [0.1, 0.15) is 65.2 Å². The summed E-state index contributed by atoms with van der Waals surface area (Å²) in [5.41, 5.74) is 0. The monoisotopic (exact) mass is 262 g/mol. The van der Waals surface area contributed by atoms with Gasteiger partial charge in [0.1, 0.15) is 0 Å². The fraction of sp³-hybridized carbons (Fsp3) is 0.556. The van der Waals surface area contributed by atoms with E-state index in [0.717, 1.165) is 25.7 Å². The van der Waals surface area contributed by atoms with Gasteiger partial charge in [-0.3, -0.25) is 0 Å². The average Bonchev–Trinajstić information content (AvgIpc) is 2.43. The van der Waals surface area contributed by atoms with Crippen molar-refractivity contribution in [1.82, 2.24) is 0 Å². The molecule has 0 N–H and O–H groups in total. The molecule has 0 aliphatic carbocycles. The Morgan fingerprint density at radius 2 is 1.00 bits per heavy atom. The molecule has 0 aromatic rings. The van der Waals surface area contributed by atoms with Crippen LogP contribution in [0.3, 0.4) is 0 Å². The van der Waals surface area contributed by atoms with E-state index in [1.165, 1.54) is 25.7 Å². The number of ether oxygens (including phenoxy) is 1. The fourth-order valence-electron chi connectivity index (χ4n) is 1.57. The number of hydrogen-bond donors (Lipinski definition) is 0. The highest BCUT2D eigenvalue weighted by Crippen LogP contribution is 2.00. The Kier molecular flexibility index (Phi) is 15.7. The Balaban J connectivity index is 3.27. The summed E-state index contributed by atoms with van der Waals surface area (Å²) in [5, 5.41) is 0. The molecule has 19 heavy (non-hydrogen) atoms. The van der Waals surface area contributed by atoms with Gasteiger partial charge in [0.25, 0.3) is 0 Å². The summed E-state index contributed by atoms with van der Waals surface area (Å²) < 4.78 is 5.29. The summed E-state index contributed by atoms with van der Waals surface area (Å²) in [6.07, 6.45) is 25.9. The molecular formula is C18H30O. The van der Waals surface area contributed by atoms with Crippen LogP contribution >= 0.6 is 0 Å². The summed E-state index contributed by atoms with van der Waals surface area (Å²) >= 11 is 0. The molecule has 1 nitrogen and oxygen atoms in total. The highest BCUT2D eigenvalue weighted by molar-refractivity contribution is 4.84. The SMILES string of the molecule is CCC=CCCCC=COC=CCCCC=CCC. The Morgan fingerprint density at radius 1 is 0.579 bits per heavy atom. The van der Waals surface area contributed by atoms with Crippen LogP contribution in [0.4, 0.5) is 0 Å². The van der Waals surface area contributed by atoms with Crippen LogP contribution in [0, 0.1) is 0 Å². The van der Waals surface area contributed by atoms with Gasteiger partial charge in [0, 0.05) is 0 Å². The molecular weight excluding hydrogens is 232 g/mol. The first kappa shape index (κ1) is 17.8. The normalized spacial score (nSPS) is 12.5. The minimum atomic E-state index is 1.09. The molecule has 0 aliphatic heterocycles. The van der Waals surface area contributed by atoms with Crippen molar-refractivity contribution in [3.05, 3.63) is 49.0 Å². The van der Waals surface area contributed by atoms with Crippen LogP contribution in [0.15, 0.2) is 49.0 Å². The van der Waals surface area contributed by atoms with Crippen LogP contribution in [0.2, 0.25) is 0 Å². The lowest BCUT2D eigenvalue weighted by atomic mass is 10.2. The van der Waals surface area contributed by atoms with Crippen molar-refractivity contribution in [3.63, 3.8) is 0 Å². The molecule has 0 bridgehead atoms. The third-order valence-corrected chi connectivity index (χ3v) is 2.64. The Bertz CT molecular complexity index is 243. The van der Waals surface area contributed by atoms with Gasteiger partial charge in [0.2, 0.25) is 0 Å². The van der Waals surface area contributed by atoms with Gasteiger partial charge < -0.3 is 4.74 Å². The van der Waals surface area contributed by atoms with E-state index in [9.17, 15) is 0 Å².